The number of hydrogen-bond donors (Lipinski definition) is 1. The first kappa shape index (κ1) is 14.4. The van der Waals surface area contributed by atoms with E-state index in [2.05, 4.69) is 5.32 Å². The van der Waals surface area contributed by atoms with Crippen LogP contribution in [0.3, 0.4) is 0 Å². The molecule has 0 spiro atoms. The summed E-state index contributed by atoms with van der Waals surface area (Å²) in [5.74, 6) is 0.650. The molecule has 0 aliphatic rings. The number of carbonyl (C=O) groups excluding carboxylic acids is 1. The van der Waals surface area contributed by atoms with Crippen molar-refractivity contribution in [1.29, 1.82) is 0 Å². The topological polar surface area (TPSA) is 47.6 Å². The highest BCUT2D eigenvalue weighted by molar-refractivity contribution is 5.76. The second kappa shape index (κ2) is 6.28. The molecule has 0 unspecified atom stereocenters. The Morgan fingerprint density at radius 2 is 1.94 bits per heavy atom. The molecular formula is C14H21NO3. The lowest BCUT2D eigenvalue weighted by Gasteiger charge is -2.16. The van der Waals surface area contributed by atoms with Crippen LogP contribution in [0.15, 0.2) is 6.07 Å². The SMILES string of the molecule is CCOC(=O)CNc1cc(C)c(OC)c(C)c1C. The van der Waals surface area contributed by atoms with E-state index in [9.17, 15) is 4.79 Å². The molecule has 1 aromatic carbocycles. The number of anilines is 1. The first-order valence-corrected chi connectivity index (χ1v) is 6.05. The van der Waals surface area contributed by atoms with Gasteiger partial charge >= 0.3 is 5.97 Å². The Kier molecular flexibility index (Phi) is 5.01. The Labute approximate surface area is 108 Å². The highest BCUT2D eigenvalue weighted by Crippen LogP contribution is 2.31. The van der Waals surface area contributed by atoms with E-state index in [-0.39, 0.29) is 12.5 Å². The summed E-state index contributed by atoms with van der Waals surface area (Å²) in [4.78, 5) is 11.3. The van der Waals surface area contributed by atoms with Crippen molar-refractivity contribution in [3.05, 3.63) is 22.8 Å². The lowest BCUT2D eigenvalue weighted by atomic mass is 10.0. The second-order valence-electron chi connectivity index (χ2n) is 4.18. The van der Waals surface area contributed by atoms with Gasteiger partial charge in [0.2, 0.25) is 0 Å². The Morgan fingerprint density at radius 3 is 2.50 bits per heavy atom. The molecule has 0 fully saturated rings. The van der Waals surface area contributed by atoms with Crippen LogP contribution in [-0.4, -0.2) is 26.2 Å². The molecule has 18 heavy (non-hydrogen) atoms. The van der Waals surface area contributed by atoms with Crippen LogP contribution in [-0.2, 0) is 9.53 Å². The van der Waals surface area contributed by atoms with Crippen molar-refractivity contribution in [3.8, 4) is 5.75 Å². The molecule has 1 N–H and O–H groups in total. The molecule has 0 saturated carbocycles. The van der Waals surface area contributed by atoms with Gasteiger partial charge in [-0.2, -0.15) is 0 Å². The molecule has 4 heteroatoms. The van der Waals surface area contributed by atoms with E-state index in [1.54, 1.807) is 14.0 Å². The quantitative estimate of drug-likeness (QED) is 0.817. The summed E-state index contributed by atoms with van der Waals surface area (Å²) in [5.41, 5.74) is 4.16. The van der Waals surface area contributed by atoms with Crippen LogP contribution in [0.4, 0.5) is 5.69 Å². The van der Waals surface area contributed by atoms with Gasteiger partial charge in [-0.15, -0.1) is 0 Å². The fourth-order valence-corrected chi connectivity index (χ4v) is 1.94. The van der Waals surface area contributed by atoms with Gasteiger partial charge in [0.05, 0.1) is 13.7 Å². The molecule has 0 amide bonds. The average molecular weight is 251 g/mol. The molecule has 0 radical (unpaired) electrons. The van der Waals surface area contributed by atoms with Gasteiger partial charge in [-0.05, 0) is 50.5 Å². The van der Waals surface area contributed by atoms with Crippen molar-refractivity contribution < 1.29 is 14.3 Å². The zero-order valence-electron chi connectivity index (χ0n) is 11.7. The second-order valence-corrected chi connectivity index (χ2v) is 4.18. The zero-order valence-corrected chi connectivity index (χ0v) is 11.7. The van der Waals surface area contributed by atoms with Crippen LogP contribution in [0, 0.1) is 20.8 Å². The van der Waals surface area contributed by atoms with Gasteiger partial charge in [-0.1, -0.05) is 0 Å². The number of methoxy groups -OCH3 is 1. The average Bonchev–Trinajstić information content (AvgIpc) is 2.33. The minimum atomic E-state index is -0.247. The van der Waals surface area contributed by atoms with Crippen molar-refractivity contribution in [2.24, 2.45) is 0 Å². The summed E-state index contributed by atoms with van der Waals surface area (Å²) in [7, 11) is 1.67. The van der Waals surface area contributed by atoms with Crippen LogP contribution in [0.1, 0.15) is 23.6 Å². The smallest absolute Gasteiger partial charge is 0.325 e. The zero-order chi connectivity index (χ0) is 13.7. The minimum Gasteiger partial charge on any atom is -0.496 e. The van der Waals surface area contributed by atoms with Crippen molar-refractivity contribution in [2.75, 3.05) is 25.6 Å². The number of ether oxygens (including phenoxy) is 2. The third-order valence-corrected chi connectivity index (χ3v) is 2.96. The van der Waals surface area contributed by atoms with Crippen molar-refractivity contribution in [1.82, 2.24) is 0 Å². The van der Waals surface area contributed by atoms with Gasteiger partial charge < -0.3 is 14.8 Å². The third kappa shape index (κ3) is 3.15. The molecule has 1 aromatic rings. The monoisotopic (exact) mass is 251 g/mol. The molecular weight excluding hydrogens is 230 g/mol. The molecule has 0 saturated heterocycles. The molecule has 0 aliphatic heterocycles. The number of aryl methyl sites for hydroxylation is 1. The van der Waals surface area contributed by atoms with Crippen LogP contribution >= 0.6 is 0 Å². The summed E-state index contributed by atoms with van der Waals surface area (Å²) in [5, 5.41) is 3.10. The Morgan fingerprint density at radius 1 is 1.28 bits per heavy atom. The first-order valence-electron chi connectivity index (χ1n) is 6.05. The number of benzene rings is 1. The summed E-state index contributed by atoms with van der Waals surface area (Å²) in [6.45, 7) is 8.38. The van der Waals surface area contributed by atoms with Crippen molar-refractivity contribution >= 4 is 11.7 Å². The largest absolute Gasteiger partial charge is 0.496 e. The van der Waals surface area contributed by atoms with E-state index in [0.717, 1.165) is 28.1 Å². The standard InChI is InChI=1S/C14H21NO3/c1-6-18-13(16)8-15-12-7-9(2)14(17-5)11(4)10(12)3/h7,15H,6,8H2,1-5H3. The normalized spacial score (nSPS) is 10.1. The van der Waals surface area contributed by atoms with E-state index >= 15 is 0 Å². The predicted molar refractivity (Wildman–Crippen MR) is 72.3 cm³/mol. The van der Waals surface area contributed by atoms with Gasteiger partial charge in [0.1, 0.15) is 12.3 Å². The summed E-state index contributed by atoms with van der Waals surface area (Å²) in [6.07, 6.45) is 0. The van der Waals surface area contributed by atoms with Crippen LogP contribution in [0.2, 0.25) is 0 Å². The molecule has 0 bridgehead atoms. The Balaban J connectivity index is 2.88. The van der Waals surface area contributed by atoms with Crippen molar-refractivity contribution in [3.63, 3.8) is 0 Å². The molecule has 1 rings (SSSR count). The molecule has 0 atom stereocenters. The molecule has 4 nitrogen and oxygen atoms in total. The van der Waals surface area contributed by atoms with Gasteiger partial charge in [0.25, 0.3) is 0 Å². The number of esters is 1. The molecule has 0 aromatic heterocycles. The summed E-state index contributed by atoms with van der Waals surface area (Å²) < 4.78 is 10.2. The van der Waals surface area contributed by atoms with E-state index in [0.29, 0.717) is 6.61 Å². The van der Waals surface area contributed by atoms with Crippen LogP contribution in [0.5, 0.6) is 5.75 Å². The van der Waals surface area contributed by atoms with E-state index in [4.69, 9.17) is 9.47 Å². The van der Waals surface area contributed by atoms with Crippen LogP contribution < -0.4 is 10.1 Å². The summed E-state index contributed by atoms with van der Waals surface area (Å²) >= 11 is 0. The molecule has 100 valence electrons. The number of hydrogen-bond acceptors (Lipinski definition) is 4. The lowest BCUT2D eigenvalue weighted by Crippen LogP contribution is -2.17. The third-order valence-electron chi connectivity index (χ3n) is 2.96. The van der Waals surface area contributed by atoms with E-state index in [1.165, 1.54) is 0 Å². The van der Waals surface area contributed by atoms with Crippen LogP contribution in [0.25, 0.3) is 0 Å². The summed E-state index contributed by atoms with van der Waals surface area (Å²) in [6, 6.07) is 1.99. The highest BCUT2D eigenvalue weighted by atomic mass is 16.5. The molecule has 0 aliphatic carbocycles. The fraction of sp³-hybridized carbons (Fsp3) is 0.500. The minimum absolute atomic E-state index is 0.180. The Bertz CT molecular complexity index is 441. The van der Waals surface area contributed by atoms with Gasteiger partial charge in [0.15, 0.2) is 0 Å². The molecule has 0 heterocycles. The number of rotatable bonds is 5. The van der Waals surface area contributed by atoms with Gasteiger partial charge in [-0.3, -0.25) is 4.79 Å². The number of nitrogens with one attached hydrogen (secondary N) is 1. The van der Waals surface area contributed by atoms with Crippen molar-refractivity contribution in [2.45, 2.75) is 27.7 Å². The van der Waals surface area contributed by atoms with Gasteiger partial charge in [-0.25, -0.2) is 0 Å². The maximum Gasteiger partial charge on any atom is 0.325 e. The maximum atomic E-state index is 11.3. The van der Waals surface area contributed by atoms with Gasteiger partial charge in [0, 0.05) is 5.69 Å². The highest BCUT2D eigenvalue weighted by Gasteiger charge is 2.11. The fourth-order valence-electron chi connectivity index (χ4n) is 1.94. The Hall–Kier alpha value is -1.71. The lowest BCUT2D eigenvalue weighted by molar-refractivity contribution is -0.140. The predicted octanol–water partition coefficient (Wildman–Crippen LogP) is 2.60. The maximum absolute atomic E-state index is 11.3. The number of carbonyl (C=O) groups is 1. The van der Waals surface area contributed by atoms with E-state index < -0.39 is 0 Å². The van der Waals surface area contributed by atoms with E-state index in [1.807, 2.05) is 26.8 Å². The first-order chi connectivity index (χ1) is 8.51.